The Bertz CT molecular complexity index is 1560. The van der Waals surface area contributed by atoms with Crippen LogP contribution in [-0.4, -0.2) is 56.7 Å². The Morgan fingerprint density at radius 1 is 0.896 bits per heavy atom. The number of ether oxygens (including phenoxy) is 6. The van der Waals surface area contributed by atoms with E-state index in [1.165, 1.54) is 35.4 Å². The second-order valence-electron chi connectivity index (χ2n) is 10.8. The van der Waals surface area contributed by atoms with E-state index < -0.39 is 45.7 Å². The second-order valence-corrected chi connectivity index (χ2v) is 12.1. The number of carbonyl (C=O) groups excluding carboxylic acids is 1. The van der Waals surface area contributed by atoms with Gasteiger partial charge in [-0.25, -0.2) is 27.4 Å². The Balaban J connectivity index is 1.67. The maximum atomic E-state index is 14.4. The van der Waals surface area contributed by atoms with Gasteiger partial charge in [-0.15, -0.1) is 0 Å². The number of anilines is 1. The van der Waals surface area contributed by atoms with Gasteiger partial charge in [-0.1, -0.05) is 25.1 Å². The number of urea groups is 1. The van der Waals surface area contributed by atoms with Gasteiger partial charge < -0.3 is 33.7 Å². The fraction of sp³-hybridized carbons (Fsp3) is 0.424. The van der Waals surface area contributed by atoms with Gasteiger partial charge >= 0.3 is 6.03 Å². The number of nitrogens with zero attached hydrogens (tertiary/aromatic N) is 1. The van der Waals surface area contributed by atoms with Crippen molar-refractivity contribution in [2.24, 2.45) is 0 Å². The van der Waals surface area contributed by atoms with Crippen molar-refractivity contribution in [2.75, 3.05) is 40.3 Å². The van der Waals surface area contributed by atoms with E-state index in [2.05, 4.69) is 5.32 Å². The van der Waals surface area contributed by atoms with Crippen molar-refractivity contribution in [1.29, 1.82) is 0 Å². The van der Waals surface area contributed by atoms with E-state index in [4.69, 9.17) is 28.4 Å². The first-order valence-corrected chi connectivity index (χ1v) is 15.9. The molecular weight excluding hydrogens is 660 g/mol. The Hall–Kier alpha value is -4.08. The van der Waals surface area contributed by atoms with Gasteiger partial charge in [-0.3, -0.25) is 5.21 Å². The molecule has 0 radical (unpaired) electrons. The number of benzene rings is 3. The number of hydroxylamine groups is 2. The lowest BCUT2D eigenvalue weighted by Gasteiger charge is -2.24. The minimum absolute atomic E-state index is 0.0450. The van der Waals surface area contributed by atoms with Crippen LogP contribution in [0.2, 0.25) is 0 Å². The summed E-state index contributed by atoms with van der Waals surface area (Å²) in [4.78, 5) is 12.1. The third kappa shape index (κ3) is 8.13. The number of thioether (sulfide) groups is 1. The highest BCUT2D eigenvalue weighted by Crippen LogP contribution is 2.49. The maximum absolute atomic E-state index is 14.4. The van der Waals surface area contributed by atoms with E-state index in [0.29, 0.717) is 58.9 Å². The summed E-state index contributed by atoms with van der Waals surface area (Å²) in [6.45, 7) is 3.34. The number of rotatable bonds is 14. The predicted octanol–water partition coefficient (Wildman–Crippen LogP) is 8.41. The van der Waals surface area contributed by atoms with Crippen molar-refractivity contribution < 1.29 is 56.0 Å². The fourth-order valence-electron chi connectivity index (χ4n) is 5.19. The molecule has 0 saturated carbocycles. The Kier molecular flexibility index (Phi) is 12.5. The molecule has 3 atom stereocenters. The molecule has 0 aromatic heterocycles. The summed E-state index contributed by atoms with van der Waals surface area (Å²) in [6.07, 6.45) is 1.58. The quantitative estimate of drug-likeness (QED) is 0.0429. The van der Waals surface area contributed by atoms with Crippen LogP contribution in [0.25, 0.3) is 0 Å². The summed E-state index contributed by atoms with van der Waals surface area (Å²) in [7, 11) is 5.90. The number of methoxy groups -OCH3 is 4. The summed E-state index contributed by atoms with van der Waals surface area (Å²) < 4.78 is 91.0. The number of hydrogen-bond donors (Lipinski definition) is 2. The molecule has 15 heteroatoms. The Labute approximate surface area is 280 Å². The van der Waals surface area contributed by atoms with Gasteiger partial charge in [-0.2, -0.15) is 0 Å². The minimum atomic E-state index is -1.57. The van der Waals surface area contributed by atoms with Crippen molar-refractivity contribution in [1.82, 2.24) is 5.06 Å². The number of amides is 2. The lowest BCUT2D eigenvalue weighted by atomic mass is 10.0. The van der Waals surface area contributed by atoms with Crippen LogP contribution >= 0.6 is 11.8 Å². The summed E-state index contributed by atoms with van der Waals surface area (Å²) in [5, 5.41) is 13.4. The summed E-state index contributed by atoms with van der Waals surface area (Å²) in [6, 6.07) is 6.05. The highest BCUT2D eigenvalue weighted by Gasteiger charge is 2.32. The summed E-state index contributed by atoms with van der Waals surface area (Å²) >= 11 is 0.386. The number of carbonyl (C=O) groups is 1. The first-order valence-electron chi connectivity index (χ1n) is 15.1. The second kappa shape index (κ2) is 16.3. The van der Waals surface area contributed by atoms with Crippen molar-refractivity contribution in [2.45, 2.75) is 62.1 Å². The average Bonchev–Trinajstić information content (AvgIpc) is 3.58. The van der Waals surface area contributed by atoms with Crippen molar-refractivity contribution in [3.05, 3.63) is 64.7 Å². The predicted molar refractivity (Wildman–Crippen MR) is 170 cm³/mol. The first kappa shape index (κ1) is 36.8. The van der Waals surface area contributed by atoms with Crippen LogP contribution in [0.15, 0.2) is 35.2 Å². The molecule has 1 fully saturated rings. The SMILES string of the molecule is CCCCN(O)C(=O)Nc1cc(C2CCC(c3cc(OC)c(OC)c(OC)c3)O2)cc(OC)c1OC(C)Sc1c(F)c(F)cc(F)c1F. The molecule has 1 aliphatic heterocycles. The van der Waals surface area contributed by atoms with Crippen LogP contribution in [0.3, 0.4) is 0 Å². The van der Waals surface area contributed by atoms with Gasteiger partial charge in [0.25, 0.3) is 0 Å². The first-order chi connectivity index (χ1) is 22.9. The number of halogens is 4. The molecule has 3 unspecified atom stereocenters. The topological polar surface area (TPSA) is 108 Å². The van der Waals surface area contributed by atoms with Crippen molar-refractivity contribution >= 4 is 23.5 Å². The van der Waals surface area contributed by atoms with Gasteiger partial charge in [0.2, 0.25) is 5.75 Å². The molecule has 1 heterocycles. The van der Waals surface area contributed by atoms with Crippen molar-refractivity contribution in [3.8, 4) is 28.7 Å². The molecule has 1 saturated heterocycles. The van der Waals surface area contributed by atoms with Crippen LogP contribution in [0, 0.1) is 23.3 Å². The summed E-state index contributed by atoms with van der Waals surface area (Å²) in [5.74, 6) is -4.84. The van der Waals surface area contributed by atoms with E-state index >= 15 is 0 Å². The molecule has 0 aliphatic carbocycles. The van der Waals surface area contributed by atoms with Gasteiger partial charge in [0.15, 0.2) is 46.3 Å². The lowest BCUT2D eigenvalue weighted by Crippen LogP contribution is -2.33. The molecule has 10 nitrogen and oxygen atoms in total. The zero-order valence-corrected chi connectivity index (χ0v) is 28.1. The van der Waals surface area contributed by atoms with Crippen molar-refractivity contribution in [3.63, 3.8) is 0 Å². The van der Waals surface area contributed by atoms with Crippen LogP contribution in [-0.2, 0) is 4.74 Å². The molecule has 3 aromatic carbocycles. The molecule has 1 aliphatic rings. The fourth-order valence-corrected chi connectivity index (χ4v) is 6.07. The van der Waals surface area contributed by atoms with E-state index in [9.17, 15) is 27.6 Å². The van der Waals surface area contributed by atoms with Gasteiger partial charge in [0, 0.05) is 6.07 Å². The molecule has 2 amide bonds. The van der Waals surface area contributed by atoms with E-state index in [0.717, 1.165) is 12.0 Å². The zero-order chi connectivity index (χ0) is 35.1. The zero-order valence-electron chi connectivity index (χ0n) is 27.3. The van der Waals surface area contributed by atoms with Gasteiger partial charge in [0.05, 0.1) is 57.8 Å². The lowest BCUT2D eigenvalue weighted by molar-refractivity contribution is -0.0379. The third-order valence-electron chi connectivity index (χ3n) is 7.59. The third-order valence-corrected chi connectivity index (χ3v) is 8.61. The number of nitrogens with one attached hydrogen (secondary N) is 1. The molecule has 3 aromatic rings. The Morgan fingerprint density at radius 2 is 1.42 bits per heavy atom. The van der Waals surface area contributed by atoms with Crippen LogP contribution in [0.1, 0.15) is 62.9 Å². The molecular formula is C33H38F4N2O8S. The van der Waals surface area contributed by atoms with E-state index in [-0.39, 0.29) is 35.9 Å². The normalized spacial score (nSPS) is 16.3. The highest BCUT2D eigenvalue weighted by atomic mass is 32.2. The average molecular weight is 699 g/mol. The molecule has 262 valence electrons. The molecule has 4 rings (SSSR count). The van der Waals surface area contributed by atoms with Crippen LogP contribution in [0.4, 0.5) is 28.0 Å². The molecule has 0 spiro atoms. The van der Waals surface area contributed by atoms with Crippen LogP contribution < -0.4 is 29.0 Å². The molecule has 0 bridgehead atoms. The highest BCUT2D eigenvalue weighted by molar-refractivity contribution is 7.99. The van der Waals surface area contributed by atoms with Crippen LogP contribution in [0.5, 0.6) is 28.7 Å². The van der Waals surface area contributed by atoms with E-state index in [1.54, 1.807) is 24.3 Å². The smallest absolute Gasteiger partial charge is 0.345 e. The monoisotopic (exact) mass is 698 g/mol. The van der Waals surface area contributed by atoms with Gasteiger partial charge in [0.1, 0.15) is 5.44 Å². The minimum Gasteiger partial charge on any atom is -0.493 e. The van der Waals surface area contributed by atoms with E-state index in [1.807, 2.05) is 6.92 Å². The number of unbranched alkanes of at least 4 members (excludes halogenated alkanes) is 1. The molecule has 48 heavy (non-hydrogen) atoms. The van der Waals surface area contributed by atoms with Gasteiger partial charge in [-0.05, 0) is 61.6 Å². The largest absolute Gasteiger partial charge is 0.493 e. The number of hydrogen-bond acceptors (Lipinski definition) is 9. The standard InChI is InChI=1S/C33H38F4N2O8S/c1-7-8-11-39(41)33(40)38-22-12-18(23-9-10-24(47-23)19-14-26(43-4)31(45-6)27(15-19)44-5)13-25(42-3)30(22)46-17(2)48-32-28(36)20(34)16-21(35)29(32)37/h12-17,23-24,41H,7-11H2,1-6H3,(H,38,40). The maximum Gasteiger partial charge on any atom is 0.345 e. The summed E-state index contributed by atoms with van der Waals surface area (Å²) in [5.41, 5.74) is 0.275. The molecule has 2 N–H and O–H groups in total. The Morgan fingerprint density at radius 3 is 1.92 bits per heavy atom.